The highest BCUT2D eigenvalue weighted by Gasteiger charge is 2.23. The van der Waals surface area contributed by atoms with Crippen LogP contribution in [-0.4, -0.2) is 37.1 Å². The minimum absolute atomic E-state index is 0.0848. The van der Waals surface area contributed by atoms with Crippen molar-refractivity contribution < 1.29 is 4.74 Å². The van der Waals surface area contributed by atoms with Crippen molar-refractivity contribution in [3.05, 3.63) is 75.6 Å². The van der Waals surface area contributed by atoms with E-state index in [0.29, 0.717) is 53.3 Å². The van der Waals surface area contributed by atoms with Gasteiger partial charge >= 0.3 is 0 Å². The van der Waals surface area contributed by atoms with E-state index < -0.39 is 0 Å². The van der Waals surface area contributed by atoms with Crippen LogP contribution in [0.25, 0.3) is 27.8 Å². The molecule has 0 fully saturated rings. The molecule has 0 unspecified atom stereocenters. The van der Waals surface area contributed by atoms with E-state index in [1.807, 2.05) is 29.5 Å². The molecule has 10 heteroatoms. The van der Waals surface area contributed by atoms with Crippen LogP contribution in [0.1, 0.15) is 11.1 Å². The van der Waals surface area contributed by atoms with E-state index in [-0.39, 0.29) is 5.56 Å². The van der Waals surface area contributed by atoms with Crippen LogP contribution < -0.4 is 20.9 Å². The number of hydrogen-bond donors (Lipinski definition) is 1. The van der Waals surface area contributed by atoms with E-state index in [2.05, 4.69) is 25.9 Å². The number of nitrogens with zero attached hydrogens (tertiary/aromatic N) is 6. The number of pyridine rings is 2. The molecule has 0 saturated heterocycles. The number of aromatic nitrogens is 5. The summed E-state index contributed by atoms with van der Waals surface area (Å²) < 4.78 is 9.35. The molecule has 1 aliphatic rings. The van der Waals surface area contributed by atoms with Crippen molar-refractivity contribution in [2.24, 2.45) is 7.05 Å². The summed E-state index contributed by atoms with van der Waals surface area (Å²) in [6.45, 7) is 3.75. The third-order valence-electron chi connectivity index (χ3n) is 6.34. The van der Waals surface area contributed by atoms with Crippen molar-refractivity contribution in [3.8, 4) is 17.1 Å². The molecule has 0 bridgehead atoms. The van der Waals surface area contributed by atoms with Crippen LogP contribution in [0.5, 0.6) is 5.88 Å². The Kier molecular flexibility index (Phi) is 4.89. The molecule has 2 N–H and O–H groups in total. The average Bonchev–Trinajstić information content (AvgIpc) is 3.28. The van der Waals surface area contributed by atoms with Crippen LogP contribution in [-0.2, 0) is 13.6 Å². The lowest BCUT2D eigenvalue weighted by atomic mass is 10.0. The molecule has 0 saturated carbocycles. The van der Waals surface area contributed by atoms with Gasteiger partial charge in [0.1, 0.15) is 40.9 Å². The zero-order valence-corrected chi connectivity index (χ0v) is 20.0. The number of rotatable bonds is 3. The molecule has 5 heterocycles. The lowest BCUT2D eigenvalue weighted by Crippen LogP contribution is -2.33. The SMILES string of the molecule is Cc1cc(CN2CCOc3nc(Cl)ccc32)c2c(c1)c(=O)n(C)c1c(-c3ccc(N)nc3)ncn21. The minimum atomic E-state index is -0.0848. The van der Waals surface area contributed by atoms with E-state index in [1.54, 1.807) is 36.3 Å². The van der Waals surface area contributed by atoms with Gasteiger partial charge in [-0.15, -0.1) is 0 Å². The van der Waals surface area contributed by atoms with Gasteiger partial charge in [0.2, 0.25) is 5.88 Å². The highest BCUT2D eigenvalue weighted by molar-refractivity contribution is 6.29. The Morgan fingerprint density at radius 2 is 2.03 bits per heavy atom. The zero-order valence-electron chi connectivity index (χ0n) is 19.2. The Labute approximate surface area is 205 Å². The first-order valence-electron chi connectivity index (χ1n) is 11.2. The molecule has 0 radical (unpaired) electrons. The van der Waals surface area contributed by atoms with E-state index in [9.17, 15) is 4.79 Å². The first-order chi connectivity index (χ1) is 16.9. The highest BCUT2D eigenvalue weighted by atomic mass is 35.5. The van der Waals surface area contributed by atoms with Gasteiger partial charge in [0.15, 0.2) is 0 Å². The van der Waals surface area contributed by atoms with Crippen LogP contribution in [0.2, 0.25) is 5.15 Å². The van der Waals surface area contributed by atoms with Gasteiger partial charge in [-0.2, -0.15) is 4.98 Å². The molecule has 0 atom stereocenters. The average molecular weight is 488 g/mol. The number of hydrogen-bond acceptors (Lipinski definition) is 7. The smallest absolute Gasteiger partial charge is 0.261 e. The second kappa shape index (κ2) is 7.99. The van der Waals surface area contributed by atoms with Crippen LogP contribution in [0.15, 0.2) is 53.7 Å². The van der Waals surface area contributed by atoms with Crippen molar-refractivity contribution in [3.63, 3.8) is 0 Å². The number of nitrogens with two attached hydrogens (primary N) is 1. The Morgan fingerprint density at radius 1 is 1.17 bits per heavy atom. The van der Waals surface area contributed by atoms with E-state index in [1.165, 1.54) is 0 Å². The molecule has 4 aromatic heterocycles. The summed E-state index contributed by atoms with van der Waals surface area (Å²) in [7, 11) is 1.77. The molecular formula is C25H22ClN7O2. The number of anilines is 2. The molecule has 1 aromatic carbocycles. The summed E-state index contributed by atoms with van der Waals surface area (Å²) in [6, 6.07) is 11.3. The predicted molar refractivity (Wildman–Crippen MR) is 136 cm³/mol. The van der Waals surface area contributed by atoms with Gasteiger partial charge in [-0.3, -0.25) is 13.8 Å². The minimum Gasteiger partial charge on any atom is -0.474 e. The van der Waals surface area contributed by atoms with E-state index in [0.717, 1.165) is 27.9 Å². The quantitative estimate of drug-likeness (QED) is 0.388. The summed E-state index contributed by atoms with van der Waals surface area (Å²) in [5, 5.41) is 1.03. The lowest BCUT2D eigenvalue weighted by Gasteiger charge is -2.31. The zero-order chi connectivity index (χ0) is 24.3. The Bertz CT molecular complexity index is 1670. The van der Waals surface area contributed by atoms with Gasteiger partial charge in [0.05, 0.1) is 17.4 Å². The molecule has 176 valence electrons. The van der Waals surface area contributed by atoms with Crippen molar-refractivity contribution in [1.82, 2.24) is 23.9 Å². The van der Waals surface area contributed by atoms with Crippen LogP contribution in [0.3, 0.4) is 0 Å². The highest BCUT2D eigenvalue weighted by Crippen LogP contribution is 2.34. The molecule has 6 rings (SSSR count). The van der Waals surface area contributed by atoms with Gasteiger partial charge in [-0.05, 0) is 48.4 Å². The molecule has 0 spiro atoms. The number of nitrogen functional groups attached to an aromatic ring is 1. The number of halogens is 1. The maximum atomic E-state index is 13.5. The molecule has 9 nitrogen and oxygen atoms in total. The predicted octanol–water partition coefficient (Wildman–Crippen LogP) is 3.59. The number of aryl methyl sites for hydroxylation is 2. The Hall–Kier alpha value is -4.11. The molecule has 5 aromatic rings. The van der Waals surface area contributed by atoms with Crippen LogP contribution in [0, 0.1) is 6.92 Å². The molecule has 0 amide bonds. The largest absolute Gasteiger partial charge is 0.474 e. The Balaban J connectivity index is 1.57. The number of fused-ring (bicyclic) bond motifs is 4. The maximum Gasteiger partial charge on any atom is 0.261 e. The van der Waals surface area contributed by atoms with Crippen LogP contribution >= 0.6 is 11.6 Å². The lowest BCUT2D eigenvalue weighted by molar-refractivity contribution is 0.295. The second-order valence-electron chi connectivity index (χ2n) is 8.67. The first-order valence-corrected chi connectivity index (χ1v) is 11.5. The standard InChI is InChI=1S/C25H22ClN7O2/c1-14-9-16(12-32-7-8-35-23-18(32)4-5-19(26)30-23)22-17(10-14)25(34)31(2)24-21(29-13-33(22)24)15-3-6-20(27)28-11-15/h3-6,9-11,13H,7-8,12H2,1-2H3,(H2,27,28). The van der Waals surface area contributed by atoms with Crippen LogP contribution in [0.4, 0.5) is 11.5 Å². The van der Waals surface area contributed by atoms with E-state index >= 15 is 0 Å². The van der Waals surface area contributed by atoms with Gasteiger partial charge in [-0.1, -0.05) is 17.7 Å². The summed E-state index contributed by atoms with van der Waals surface area (Å²) in [5.41, 5.74) is 11.5. The number of imidazole rings is 1. The van der Waals surface area contributed by atoms with Gasteiger partial charge < -0.3 is 15.4 Å². The summed E-state index contributed by atoms with van der Waals surface area (Å²) >= 11 is 6.07. The van der Waals surface area contributed by atoms with Gasteiger partial charge in [-0.25, -0.2) is 9.97 Å². The summed E-state index contributed by atoms with van der Waals surface area (Å²) in [5.74, 6) is 0.943. The Morgan fingerprint density at radius 3 is 2.83 bits per heavy atom. The fourth-order valence-electron chi connectivity index (χ4n) is 4.77. The fraction of sp³-hybridized carbons (Fsp3) is 0.200. The molecule has 1 aliphatic heterocycles. The topological polar surface area (TPSA) is 104 Å². The second-order valence-corrected chi connectivity index (χ2v) is 9.06. The normalized spacial score (nSPS) is 13.3. The fourth-order valence-corrected chi connectivity index (χ4v) is 4.91. The van der Waals surface area contributed by atoms with E-state index in [4.69, 9.17) is 22.1 Å². The molecule has 35 heavy (non-hydrogen) atoms. The third-order valence-corrected chi connectivity index (χ3v) is 6.55. The van der Waals surface area contributed by atoms with Crippen molar-refractivity contribution in [2.75, 3.05) is 23.8 Å². The maximum absolute atomic E-state index is 13.5. The molecular weight excluding hydrogens is 466 g/mol. The number of benzene rings is 1. The summed E-state index contributed by atoms with van der Waals surface area (Å²) in [6.07, 6.45) is 3.43. The van der Waals surface area contributed by atoms with Gasteiger partial charge in [0, 0.05) is 25.4 Å². The summed E-state index contributed by atoms with van der Waals surface area (Å²) in [4.78, 5) is 28.9. The van der Waals surface area contributed by atoms with Gasteiger partial charge in [0.25, 0.3) is 5.56 Å². The monoisotopic (exact) mass is 487 g/mol. The molecule has 0 aliphatic carbocycles. The first kappa shape index (κ1) is 21.4. The van der Waals surface area contributed by atoms with Crippen molar-refractivity contribution in [2.45, 2.75) is 13.5 Å². The van der Waals surface area contributed by atoms with Crippen molar-refractivity contribution >= 4 is 39.7 Å². The number of ether oxygens (including phenoxy) is 1. The third kappa shape index (κ3) is 3.47. The van der Waals surface area contributed by atoms with Crippen molar-refractivity contribution in [1.29, 1.82) is 0 Å².